The van der Waals surface area contributed by atoms with Gasteiger partial charge in [0.25, 0.3) is 5.91 Å². The molecule has 0 aliphatic rings. The first kappa shape index (κ1) is 16.8. The maximum atomic E-state index is 11.6. The highest BCUT2D eigenvalue weighted by Crippen LogP contribution is 2.16. The number of hydrogen-bond donors (Lipinski definition) is 2. The molecule has 0 fully saturated rings. The number of carboxylic acids is 1. The van der Waals surface area contributed by atoms with Crippen molar-refractivity contribution in [2.75, 3.05) is 20.3 Å². The zero-order valence-corrected chi connectivity index (χ0v) is 12.3. The minimum Gasteiger partial charge on any atom is -0.497 e. The number of aliphatic carboxylic acids is 1. The fourth-order valence-electron chi connectivity index (χ4n) is 1.63. The molecule has 6 heteroatoms. The molecule has 0 radical (unpaired) electrons. The lowest BCUT2D eigenvalue weighted by Crippen LogP contribution is -2.32. The number of amides is 1. The Morgan fingerprint density at radius 1 is 1.24 bits per heavy atom. The molecule has 0 spiro atoms. The van der Waals surface area contributed by atoms with Crippen molar-refractivity contribution in [1.82, 2.24) is 5.32 Å². The summed E-state index contributed by atoms with van der Waals surface area (Å²) in [6.45, 7) is 2.27. The van der Waals surface area contributed by atoms with Gasteiger partial charge in [-0.05, 0) is 36.6 Å². The minimum absolute atomic E-state index is 0.0714. The minimum atomic E-state index is -0.823. The lowest BCUT2D eigenvalue weighted by molar-refractivity contribution is -0.137. The second-order valence-electron chi connectivity index (χ2n) is 4.81. The molecular weight excluding hydrogens is 274 g/mol. The van der Waals surface area contributed by atoms with Gasteiger partial charge in [-0.15, -0.1) is 0 Å². The van der Waals surface area contributed by atoms with Gasteiger partial charge in [-0.25, -0.2) is 0 Å². The smallest absolute Gasteiger partial charge is 0.303 e. The van der Waals surface area contributed by atoms with E-state index in [9.17, 15) is 9.59 Å². The van der Waals surface area contributed by atoms with Gasteiger partial charge < -0.3 is 19.9 Å². The molecule has 0 aliphatic carbocycles. The molecule has 1 unspecified atom stereocenters. The van der Waals surface area contributed by atoms with Crippen molar-refractivity contribution < 1.29 is 24.2 Å². The average Bonchev–Trinajstić information content (AvgIpc) is 2.49. The van der Waals surface area contributed by atoms with E-state index in [1.54, 1.807) is 31.4 Å². The van der Waals surface area contributed by atoms with Crippen LogP contribution in [0.15, 0.2) is 24.3 Å². The molecule has 2 N–H and O–H groups in total. The van der Waals surface area contributed by atoms with E-state index in [2.05, 4.69) is 5.32 Å². The molecule has 0 aliphatic heterocycles. The Bertz CT molecular complexity index is 458. The molecule has 0 heterocycles. The fraction of sp³-hybridized carbons (Fsp3) is 0.467. The second kappa shape index (κ2) is 8.84. The van der Waals surface area contributed by atoms with Crippen molar-refractivity contribution >= 4 is 11.9 Å². The van der Waals surface area contributed by atoms with Crippen molar-refractivity contribution in [2.24, 2.45) is 5.92 Å². The lowest BCUT2D eigenvalue weighted by Gasteiger charge is -2.12. The number of benzene rings is 1. The Morgan fingerprint density at radius 3 is 2.43 bits per heavy atom. The molecule has 1 rings (SSSR count). The van der Waals surface area contributed by atoms with Gasteiger partial charge in [-0.1, -0.05) is 6.92 Å². The molecule has 1 aromatic rings. The van der Waals surface area contributed by atoms with Gasteiger partial charge in [0.05, 0.1) is 7.11 Å². The molecule has 0 saturated heterocycles. The molecule has 0 saturated carbocycles. The van der Waals surface area contributed by atoms with Crippen LogP contribution in [0.1, 0.15) is 19.8 Å². The Morgan fingerprint density at radius 2 is 1.86 bits per heavy atom. The SMILES string of the molecule is COc1ccc(OCC(=O)NCC(C)CCC(=O)O)cc1. The standard InChI is InChI=1S/C15H21NO5/c1-11(3-8-15(18)19)9-16-14(17)10-21-13-6-4-12(20-2)5-7-13/h4-7,11H,3,8-10H2,1-2H3,(H,16,17)(H,18,19). The van der Waals surface area contributed by atoms with Crippen molar-refractivity contribution in [3.8, 4) is 11.5 Å². The Balaban J connectivity index is 2.22. The summed E-state index contributed by atoms with van der Waals surface area (Å²) >= 11 is 0. The third-order valence-corrected chi connectivity index (χ3v) is 2.93. The number of carbonyl (C=O) groups excluding carboxylic acids is 1. The molecule has 0 bridgehead atoms. The van der Waals surface area contributed by atoms with Gasteiger partial charge in [0, 0.05) is 13.0 Å². The van der Waals surface area contributed by atoms with E-state index in [4.69, 9.17) is 14.6 Å². The molecule has 1 atom stereocenters. The normalized spacial score (nSPS) is 11.5. The summed E-state index contributed by atoms with van der Waals surface area (Å²) in [5.74, 6) is 0.374. The Labute approximate surface area is 124 Å². The van der Waals surface area contributed by atoms with Gasteiger partial charge in [0.2, 0.25) is 0 Å². The Kier molecular flexibility index (Phi) is 7.08. The summed E-state index contributed by atoms with van der Waals surface area (Å²) in [6, 6.07) is 6.95. The summed E-state index contributed by atoms with van der Waals surface area (Å²) in [5.41, 5.74) is 0. The van der Waals surface area contributed by atoms with E-state index < -0.39 is 5.97 Å². The number of rotatable bonds is 9. The quantitative estimate of drug-likeness (QED) is 0.724. The largest absolute Gasteiger partial charge is 0.497 e. The van der Waals surface area contributed by atoms with Gasteiger partial charge in [0.1, 0.15) is 11.5 Å². The van der Waals surface area contributed by atoms with Crippen LogP contribution in [0.5, 0.6) is 11.5 Å². The summed E-state index contributed by atoms with van der Waals surface area (Å²) in [6.07, 6.45) is 0.647. The summed E-state index contributed by atoms with van der Waals surface area (Å²) in [5, 5.41) is 11.3. The maximum Gasteiger partial charge on any atom is 0.303 e. The van der Waals surface area contributed by atoms with E-state index in [0.717, 1.165) is 5.75 Å². The topological polar surface area (TPSA) is 84.9 Å². The van der Waals surface area contributed by atoms with Crippen LogP contribution < -0.4 is 14.8 Å². The summed E-state index contributed by atoms with van der Waals surface area (Å²) < 4.78 is 10.4. The monoisotopic (exact) mass is 295 g/mol. The molecule has 21 heavy (non-hydrogen) atoms. The van der Waals surface area contributed by atoms with Crippen LogP contribution in [0.2, 0.25) is 0 Å². The predicted molar refractivity (Wildman–Crippen MR) is 77.5 cm³/mol. The number of nitrogens with one attached hydrogen (secondary N) is 1. The highest BCUT2D eigenvalue weighted by Gasteiger charge is 2.08. The lowest BCUT2D eigenvalue weighted by atomic mass is 10.1. The molecule has 1 aromatic carbocycles. The molecule has 6 nitrogen and oxygen atoms in total. The van der Waals surface area contributed by atoms with Gasteiger partial charge in [-0.3, -0.25) is 9.59 Å². The first-order chi connectivity index (χ1) is 10.0. The summed E-state index contributed by atoms with van der Waals surface area (Å²) in [4.78, 5) is 22.0. The fourth-order valence-corrected chi connectivity index (χ4v) is 1.63. The van der Waals surface area contributed by atoms with Crippen LogP contribution in [0.4, 0.5) is 0 Å². The van der Waals surface area contributed by atoms with Crippen LogP contribution in [-0.4, -0.2) is 37.2 Å². The van der Waals surface area contributed by atoms with Crippen molar-refractivity contribution in [1.29, 1.82) is 0 Å². The predicted octanol–water partition coefficient (Wildman–Crippen LogP) is 1.69. The van der Waals surface area contributed by atoms with E-state index in [1.807, 2.05) is 6.92 Å². The number of methoxy groups -OCH3 is 1. The van der Waals surface area contributed by atoms with Crippen LogP contribution >= 0.6 is 0 Å². The molecule has 1 amide bonds. The van der Waals surface area contributed by atoms with Crippen molar-refractivity contribution in [3.05, 3.63) is 24.3 Å². The highest BCUT2D eigenvalue weighted by atomic mass is 16.5. The van der Waals surface area contributed by atoms with Crippen LogP contribution in [-0.2, 0) is 9.59 Å². The van der Waals surface area contributed by atoms with Crippen LogP contribution in [0.25, 0.3) is 0 Å². The maximum absolute atomic E-state index is 11.6. The van der Waals surface area contributed by atoms with E-state index in [0.29, 0.717) is 18.7 Å². The zero-order valence-electron chi connectivity index (χ0n) is 12.3. The molecule has 116 valence electrons. The van der Waals surface area contributed by atoms with E-state index in [1.165, 1.54) is 0 Å². The number of ether oxygens (including phenoxy) is 2. The Hall–Kier alpha value is -2.24. The van der Waals surface area contributed by atoms with E-state index in [-0.39, 0.29) is 24.9 Å². The van der Waals surface area contributed by atoms with Gasteiger partial charge >= 0.3 is 5.97 Å². The average molecular weight is 295 g/mol. The zero-order chi connectivity index (χ0) is 15.7. The van der Waals surface area contributed by atoms with Crippen molar-refractivity contribution in [3.63, 3.8) is 0 Å². The third kappa shape index (κ3) is 7.20. The van der Waals surface area contributed by atoms with Crippen LogP contribution in [0.3, 0.4) is 0 Å². The van der Waals surface area contributed by atoms with Crippen molar-refractivity contribution in [2.45, 2.75) is 19.8 Å². The number of hydrogen-bond acceptors (Lipinski definition) is 4. The number of carbonyl (C=O) groups is 2. The first-order valence-electron chi connectivity index (χ1n) is 6.76. The first-order valence-corrected chi connectivity index (χ1v) is 6.76. The third-order valence-electron chi connectivity index (χ3n) is 2.93. The van der Waals surface area contributed by atoms with E-state index >= 15 is 0 Å². The highest BCUT2D eigenvalue weighted by molar-refractivity contribution is 5.77. The van der Waals surface area contributed by atoms with Gasteiger partial charge in [-0.2, -0.15) is 0 Å². The summed E-state index contributed by atoms with van der Waals surface area (Å²) in [7, 11) is 1.58. The van der Waals surface area contributed by atoms with Crippen LogP contribution in [0, 0.1) is 5.92 Å². The van der Waals surface area contributed by atoms with Gasteiger partial charge in [0.15, 0.2) is 6.61 Å². The second-order valence-corrected chi connectivity index (χ2v) is 4.81. The molecule has 0 aromatic heterocycles. The molecular formula is C15H21NO5. The number of carboxylic acid groups (broad SMARTS) is 1.